The summed E-state index contributed by atoms with van der Waals surface area (Å²) in [7, 11) is 4.37. The lowest BCUT2D eigenvalue weighted by molar-refractivity contribution is 0.250. The summed E-state index contributed by atoms with van der Waals surface area (Å²) in [4.78, 5) is 4.88. The smallest absolute Gasteiger partial charge is 0.0446 e. The van der Waals surface area contributed by atoms with Crippen LogP contribution in [0.2, 0.25) is 0 Å². The molecular weight excluding hydrogens is 258 g/mol. The fourth-order valence-corrected chi connectivity index (χ4v) is 3.42. The van der Waals surface area contributed by atoms with E-state index < -0.39 is 0 Å². The number of nitrogens with two attached hydrogens (primary N) is 1. The molecule has 112 valence electrons. The summed E-state index contributed by atoms with van der Waals surface area (Å²) in [6.07, 6.45) is 2.47. The standard InChI is InChI=1S/C18H25N3/c1-20(2)15-9-11-21(12-10-15)18-8-7-14(13-19)16-5-3-4-6-17(16)18/h3-8,15H,9-13,19H2,1-2H3. The number of anilines is 1. The zero-order valence-electron chi connectivity index (χ0n) is 13.0. The number of nitrogens with zero attached hydrogens (tertiary/aromatic N) is 2. The third-order valence-electron chi connectivity index (χ3n) is 4.75. The Morgan fingerprint density at radius 3 is 2.33 bits per heavy atom. The summed E-state index contributed by atoms with van der Waals surface area (Å²) < 4.78 is 0. The maximum absolute atomic E-state index is 5.88. The first-order valence-electron chi connectivity index (χ1n) is 7.83. The number of benzene rings is 2. The van der Waals surface area contributed by atoms with Gasteiger partial charge in [0.25, 0.3) is 0 Å². The van der Waals surface area contributed by atoms with Crippen molar-refractivity contribution in [3.8, 4) is 0 Å². The van der Waals surface area contributed by atoms with Gasteiger partial charge in [0.05, 0.1) is 0 Å². The molecule has 2 aromatic carbocycles. The second-order valence-electron chi connectivity index (χ2n) is 6.18. The van der Waals surface area contributed by atoms with E-state index in [1.54, 1.807) is 0 Å². The second kappa shape index (κ2) is 6.04. The van der Waals surface area contributed by atoms with Crippen LogP contribution >= 0.6 is 0 Å². The number of hydrogen-bond acceptors (Lipinski definition) is 3. The predicted molar refractivity (Wildman–Crippen MR) is 90.8 cm³/mol. The highest BCUT2D eigenvalue weighted by Crippen LogP contribution is 2.31. The van der Waals surface area contributed by atoms with Crippen molar-refractivity contribution >= 4 is 16.5 Å². The summed E-state index contributed by atoms with van der Waals surface area (Å²) in [5, 5.41) is 2.64. The van der Waals surface area contributed by atoms with Crippen molar-refractivity contribution < 1.29 is 0 Å². The number of fused-ring (bicyclic) bond motifs is 1. The lowest BCUT2D eigenvalue weighted by Crippen LogP contribution is -2.42. The van der Waals surface area contributed by atoms with Crippen LogP contribution in [0.1, 0.15) is 18.4 Å². The minimum Gasteiger partial charge on any atom is -0.371 e. The van der Waals surface area contributed by atoms with Crippen LogP contribution in [0, 0.1) is 0 Å². The van der Waals surface area contributed by atoms with Crippen molar-refractivity contribution in [3.63, 3.8) is 0 Å². The van der Waals surface area contributed by atoms with Crippen LogP contribution in [0.25, 0.3) is 10.8 Å². The maximum atomic E-state index is 5.88. The van der Waals surface area contributed by atoms with E-state index in [9.17, 15) is 0 Å². The zero-order valence-corrected chi connectivity index (χ0v) is 13.0. The van der Waals surface area contributed by atoms with Crippen molar-refractivity contribution in [1.82, 2.24) is 4.90 Å². The number of piperidine rings is 1. The monoisotopic (exact) mass is 283 g/mol. The molecule has 0 aliphatic carbocycles. The Bertz CT molecular complexity index is 613. The Balaban J connectivity index is 1.92. The summed E-state index contributed by atoms with van der Waals surface area (Å²) in [5.74, 6) is 0. The second-order valence-corrected chi connectivity index (χ2v) is 6.18. The molecule has 0 saturated carbocycles. The molecule has 1 aliphatic rings. The van der Waals surface area contributed by atoms with Gasteiger partial charge in [-0.2, -0.15) is 0 Å². The van der Waals surface area contributed by atoms with Gasteiger partial charge in [-0.25, -0.2) is 0 Å². The van der Waals surface area contributed by atoms with Gasteiger partial charge >= 0.3 is 0 Å². The number of hydrogen-bond donors (Lipinski definition) is 1. The largest absolute Gasteiger partial charge is 0.371 e. The molecule has 1 saturated heterocycles. The van der Waals surface area contributed by atoms with E-state index in [1.807, 2.05) is 0 Å². The lowest BCUT2D eigenvalue weighted by Gasteiger charge is -2.37. The predicted octanol–water partition coefficient (Wildman–Crippen LogP) is 2.83. The number of rotatable bonds is 3. The highest BCUT2D eigenvalue weighted by Gasteiger charge is 2.21. The van der Waals surface area contributed by atoms with Crippen LogP contribution in [-0.4, -0.2) is 38.1 Å². The highest BCUT2D eigenvalue weighted by molar-refractivity contribution is 5.96. The molecule has 1 fully saturated rings. The van der Waals surface area contributed by atoms with E-state index in [0.717, 1.165) is 19.1 Å². The van der Waals surface area contributed by atoms with Gasteiger partial charge in [0.2, 0.25) is 0 Å². The minimum atomic E-state index is 0.601. The Labute approximate surface area is 127 Å². The SMILES string of the molecule is CN(C)C1CCN(c2ccc(CN)c3ccccc23)CC1. The van der Waals surface area contributed by atoms with E-state index in [0.29, 0.717) is 6.54 Å². The van der Waals surface area contributed by atoms with E-state index in [4.69, 9.17) is 5.73 Å². The van der Waals surface area contributed by atoms with Crippen LogP contribution in [0.3, 0.4) is 0 Å². The first-order valence-corrected chi connectivity index (χ1v) is 7.83. The molecule has 3 rings (SSSR count). The Kier molecular flexibility index (Phi) is 4.13. The first-order chi connectivity index (χ1) is 10.2. The average molecular weight is 283 g/mol. The summed E-state index contributed by atoms with van der Waals surface area (Å²) in [6, 6.07) is 13.8. The lowest BCUT2D eigenvalue weighted by atomic mass is 9.99. The van der Waals surface area contributed by atoms with Crippen LogP contribution in [0.15, 0.2) is 36.4 Å². The summed E-state index contributed by atoms with van der Waals surface area (Å²) in [6.45, 7) is 2.87. The molecule has 0 spiro atoms. The van der Waals surface area contributed by atoms with Gasteiger partial charge in [0.1, 0.15) is 0 Å². The van der Waals surface area contributed by atoms with E-state index in [-0.39, 0.29) is 0 Å². The topological polar surface area (TPSA) is 32.5 Å². The normalized spacial score (nSPS) is 16.9. The van der Waals surface area contributed by atoms with Crippen molar-refractivity contribution in [2.75, 3.05) is 32.1 Å². The van der Waals surface area contributed by atoms with Gasteiger partial charge in [0.15, 0.2) is 0 Å². The molecule has 1 aliphatic heterocycles. The van der Waals surface area contributed by atoms with Crippen molar-refractivity contribution in [2.24, 2.45) is 5.73 Å². The van der Waals surface area contributed by atoms with Crippen molar-refractivity contribution in [2.45, 2.75) is 25.4 Å². The Morgan fingerprint density at radius 2 is 1.71 bits per heavy atom. The molecule has 2 N–H and O–H groups in total. The fraction of sp³-hybridized carbons (Fsp3) is 0.444. The van der Waals surface area contributed by atoms with Crippen LogP contribution in [-0.2, 0) is 6.54 Å². The van der Waals surface area contributed by atoms with E-state index in [2.05, 4.69) is 60.3 Å². The average Bonchev–Trinajstić information content (AvgIpc) is 2.54. The van der Waals surface area contributed by atoms with Gasteiger partial charge in [-0.1, -0.05) is 30.3 Å². The molecule has 0 bridgehead atoms. The quantitative estimate of drug-likeness (QED) is 0.940. The first kappa shape index (κ1) is 14.4. The third kappa shape index (κ3) is 2.76. The van der Waals surface area contributed by atoms with Crippen LogP contribution in [0.4, 0.5) is 5.69 Å². The molecule has 0 unspecified atom stereocenters. The molecule has 0 amide bonds. The molecule has 0 aromatic heterocycles. The van der Waals surface area contributed by atoms with Gasteiger partial charge in [-0.15, -0.1) is 0 Å². The summed E-state index contributed by atoms with van der Waals surface area (Å²) in [5.41, 5.74) is 8.47. The van der Waals surface area contributed by atoms with E-state index >= 15 is 0 Å². The van der Waals surface area contributed by atoms with Gasteiger partial charge in [-0.05, 0) is 44.0 Å². The zero-order chi connectivity index (χ0) is 14.8. The summed E-state index contributed by atoms with van der Waals surface area (Å²) >= 11 is 0. The van der Waals surface area contributed by atoms with Crippen molar-refractivity contribution in [1.29, 1.82) is 0 Å². The van der Waals surface area contributed by atoms with Gasteiger partial charge < -0.3 is 15.5 Å². The molecule has 2 aromatic rings. The molecule has 3 heteroatoms. The van der Waals surface area contributed by atoms with Crippen LogP contribution in [0.5, 0.6) is 0 Å². The molecular formula is C18H25N3. The van der Waals surface area contributed by atoms with Crippen molar-refractivity contribution in [3.05, 3.63) is 42.0 Å². The molecule has 0 radical (unpaired) electrons. The minimum absolute atomic E-state index is 0.601. The molecule has 3 nitrogen and oxygen atoms in total. The van der Waals surface area contributed by atoms with Crippen LogP contribution < -0.4 is 10.6 Å². The molecule has 0 atom stereocenters. The third-order valence-corrected chi connectivity index (χ3v) is 4.75. The molecule has 1 heterocycles. The molecule has 21 heavy (non-hydrogen) atoms. The van der Waals surface area contributed by atoms with Gasteiger partial charge in [-0.3, -0.25) is 0 Å². The Morgan fingerprint density at radius 1 is 1.05 bits per heavy atom. The van der Waals surface area contributed by atoms with E-state index in [1.165, 1.54) is 34.9 Å². The van der Waals surface area contributed by atoms with Gasteiger partial charge in [0, 0.05) is 36.7 Å². The maximum Gasteiger partial charge on any atom is 0.0446 e. The highest BCUT2D eigenvalue weighted by atomic mass is 15.2. The Hall–Kier alpha value is -1.58. The fourth-order valence-electron chi connectivity index (χ4n) is 3.42.